The number of anilines is 1. The highest BCUT2D eigenvalue weighted by Gasteiger charge is 2.23. The molecule has 2 aromatic carbocycles. The molecule has 12 heteroatoms. The van der Waals surface area contributed by atoms with E-state index in [9.17, 15) is 13.2 Å². The third-order valence-electron chi connectivity index (χ3n) is 6.96. The van der Waals surface area contributed by atoms with Crippen LogP contribution in [0.3, 0.4) is 0 Å². The lowest BCUT2D eigenvalue weighted by molar-refractivity contribution is 0.215. The number of nitrogens with zero attached hydrogens (tertiary/aromatic N) is 4. The van der Waals surface area contributed by atoms with Gasteiger partial charge in [0.05, 0.1) is 23.3 Å². The summed E-state index contributed by atoms with van der Waals surface area (Å²) in [4.78, 5) is 16.7. The Kier molecular flexibility index (Phi) is 6.93. The van der Waals surface area contributed by atoms with Crippen molar-refractivity contribution in [1.29, 1.82) is 0 Å². The fourth-order valence-corrected chi connectivity index (χ4v) is 5.66. The first kappa shape index (κ1) is 25.9. The molecule has 1 aliphatic heterocycles. The van der Waals surface area contributed by atoms with Gasteiger partial charge in [0, 0.05) is 39.5 Å². The molecule has 4 aromatic rings. The van der Waals surface area contributed by atoms with E-state index in [2.05, 4.69) is 15.0 Å². The summed E-state index contributed by atoms with van der Waals surface area (Å²) in [6, 6.07) is 10.5. The molecule has 1 fully saturated rings. The number of rotatable bonds is 8. The van der Waals surface area contributed by atoms with Gasteiger partial charge in [-0.3, -0.25) is 13.9 Å². The lowest BCUT2D eigenvalue weighted by Crippen LogP contribution is -2.30. The molecule has 11 nitrogen and oxygen atoms in total. The Hall–Kier alpha value is -3.77. The molecular formula is C26H32N6O5S. The quantitative estimate of drug-likeness (QED) is 0.352. The number of aromatic nitrogens is 4. The second kappa shape index (κ2) is 10.2. The molecule has 0 saturated carbocycles. The molecule has 0 unspecified atom stereocenters. The second-order valence-corrected chi connectivity index (χ2v) is 11.3. The minimum absolute atomic E-state index is 0.112. The van der Waals surface area contributed by atoms with Crippen molar-refractivity contribution >= 4 is 26.7 Å². The largest absolute Gasteiger partial charge is 0.493 e. The Labute approximate surface area is 221 Å². The minimum Gasteiger partial charge on any atom is -0.493 e. The highest BCUT2D eigenvalue weighted by atomic mass is 32.2. The number of benzene rings is 2. The molecule has 202 valence electrons. The Morgan fingerprint density at radius 3 is 2.42 bits per heavy atom. The minimum atomic E-state index is -4.03. The van der Waals surface area contributed by atoms with Gasteiger partial charge in [0.1, 0.15) is 17.3 Å². The summed E-state index contributed by atoms with van der Waals surface area (Å²) in [5.74, 6) is 2.44. The normalized spacial score (nSPS) is 14.6. The van der Waals surface area contributed by atoms with Crippen LogP contribution in [0, 0.1) is 12.8 Å². The summed E-state index contributed by atoms with van der Waals surface area (Å²) in [5, 5.41) is 3.24. The van der Waals surface area contributed by atoms with E-state index in [4.69, 9.17) is 9.47 Å². The van der Waals surface area contributed by atoms with Gasteiger partial charge in [0.15, 0.2) is 10.8 Å². The fourth-order valence-electron chi connectivity index (χ4n) is 4.56. The maximum absolute atomic E-state index is 13.2. The summed E-state index contributed by atoms with van der Waals surface area (Å²) in [7, 11) is 0.985. The number of aryl methyl sites for hydroxylation is 4. The molecule has 0 bridgehead atoms. The van der Waals surface area contributed by atoms with Crippen LogP contribution in [0.15, 0.2) is 52.4 Å². The molecule has 0 aliphatic carbocycles. The van der Waals surface area contributed by atoms with Gasteiger partial charge >= 0.3 is 5.69 Å². The summed E-state index contributed by atoms with van der Waals surface area (Å²) < 4.78 is 45.8. The van der Waals surface area contributed by atoms with Crippen molar-refractivity contribution in [3.8, 4) is 17.2 Å². The summed E-state index contributed by atoms with van der Waals surface area (Å²) in [6.07, 6.45) is 3.59. The van der Waals surface area contributed by atoms with Crippen molar-refractivity contribution in [2.24, 2.45) is 27.1 Å². The van der Waals surface area contributed by atoms with Gasteiger partial charge in [-0.05, 0) is 57.0 Å². The van der Waals surface area contributed by atoms with Crippen LogP contribution in [-0.2, 0) is 31.2 Å². The predicted octanol–water partition coefficient (Wildman–Crippen LogP) is 2.89. The van der Waals surface area contributed by atoms with E-state index >= 15 is 0 Å². The molecule has 38 heavy (non-hydrogen) atoms. The van der Waals surface area contributed by atoms with Crippen molar-refractivity contribution in [3.05, 3.63) is 58.9 Å². The van der Waals surface area contributed by atoms with Crippen LogP contribution in [0.5, 0.6) is 17.2 Å². The first-order chi connectivity index (χ1) is 18.1. The number of nitrogens with one attached hydrogen (secondary N) is 2. The molecule has 3 heterocycles. The van der Waals surface area contributed by atoms with Gasteiger partial charge in [-0.2, -0.15) is 8.42 Å². The summed E-state index contributed by atoms with van der Waals surface area (Å²) in [6.45, 7) is 4.34. The van der Waals surface area contributed by atoms with Crippen LogP contribution in [0.25, 0.3) is 11.0 Å². The van der Waals surface area contributed by atoms with E-state index in [0.717, 1.165) is 25.9 Å². The molecule has 0 radical (unpaired) electrons. The van der Waals surface area contributed by atoms with Crippen molar-refractivity contribution in [2.45, 2.75) is 24.8 Å². The van der Waals surface area contributed by atoms with Gasteiger partial charge in [0.25, 0.3) is 10.0 Å². The summed E-state index contributed by atoms with van der Waals surface area (Å²) in [5.41, 5.74) is 1.10. The zero-order valence-electron chi connectivity index (χ0n) is 21.9. The smallest absolute Gasteiger partial charge is 0.328 e. The Morgan fingerprint density at radius 2 is 1.74 bits per heavy atom. The number of imidazole rings is 2. The zero-order valence-corrected chi connectivity index (χ0v) is 22.7. The van der Waals surface area contributed by atoms with Crippen molar-refractivity contribution in [3.63, 3.8) is 0 Å². The molecular weight excluding hydrogens is 508 g/mol. The maximum Gasteiger partial charge on any atom is 0.328 e. The zero-order chi connectivity index (χ0) is 27.0. The Balaban J connectivity index is 1.48. The van der Waals surface area contributed by atoms with Gasteiger partial charge in [-0.15, -0.1) is 0 Å². The van der Waals surface area contributed by atoms with Crippen molar-refractivity contribution in [1.82, 2.24) is 24.0 Å². The Morgan fingerprint density at radius 1 is 1.05 bits per heavy atom. The highest BCUT2D eigenvalue weighted by molar-refractivity contribution is 7.92. The van der Waals surface area contributed by atoms with E-state index in [1.54, 1.807) is 56.9 Å². The molecule has 2 N–H and O–H groups in total. The number of piperidine rings is 1. The van der Waals surface area contributed by atoms with E-state index in [1.807, 2.05) is 12.1 Å². The number of hydrogen-bond acceptors (Lipinski definition) is 7. The predicted molar refractivity (Wildman–Crippen MR) is 145 cm³/mol. The van der Waals surface area contributed by atoms with Crippen LogP contribution < -0.4 is 25.2 Å². The van der Waals surface area contributed by atoms with Crippen LogP contribution in [-0.4, -0.2) is 46.8 Å². The van der Waals surface area contributed by atoms with Crippen molar-refractivity contribution < 1.29 is 17.9 Å². The molecule has 1 aliphatic rings. The first-order valence-corrected chi connectivity index (χ1v) is 13.9. The van der Waals surface area contributed by atoms with Gasteiger partial charge in [0.2, 0.25) is 0 Å². The average molecular weight is 541 g/mol. The molecule has 5 rings (SSSR count). The van der Waals surface area contributed by atoms with E-state index in [-0.39, 0.29) is 22.2 Å². The summed E-state index contributed by atoms with van der Waals surface area (Å²) >= 11 is 0. The number of sulfonamides is 1. The fraction of sp³-hybridized carbons (Fsp3) is 0.385. The maximum atomic E-state index is 13.2. The number of hydrogen-bond donors (Lipinski definition) is 2. The highest BCUT2D eigenvalue weighted by Crippen LogP contribution is 2.36. The third-order valence-corrected chi connectivity index (χ3v) is 8.19. The van der Waals surface area contributed by atoms with Crippen molar-refractivity contribution in [2.75, 3.05) is 24.4 Å². The first-order valence-electron chi connectivity index (χ1n) is 12.5. The monoisotopic (exact) mass is 540 g/mol. The molecule has 0 atom stereocenters. The van der Waals surface area contributed by atoms with Gasteiger partial charge in [-0.25, -0.2) is 9.78 Å². The van der Waals surface area contributed by atoms with E-state index in [0.29, 0.717) is 40.9 Å². The van der Waals surface area contributed by atoms with Crippen LogP contribution in [0.2, 0.25) is 0 Å². The van der Waals surface area contributed by atoms with Crippen LogP contribution >= 0.6 is 0 Å². The molecule has 1 saturated heterocycles. The lowest BCUT2D eigenvalue weighted by Gasteiger charge is -2.22. The third kappa shape index (κ3) is 5.14. The SMILES string of the molecule is Cc1nc(S(=O)(=O)Nc2cc3c(cc2Oc2cccc(OCC4CCNCC4)c2)n(C)c(=O)n3C)cn1C. The van der Waals surface area contributed by atoms with Gasteiger partial charge in [-0.1, -0.05) is 6.07 Å². The van der Waals surface area contributed by atoms with Gasteiger partial charge < -0.3 is 19.4 Å². The Bertz CT molecular complexity index is 1630. The van der Waals surface area contributed by atoms with E-state index in [1.165, 1.54) is 15.3 Å². The van der Waals surface area contributed by atoms with E-state index < -0.39 is 10.0 Å². The lowest BCUT2D eigenvalue weighted by atomic mass is 9.99. The molecule has 2 aromatic heterocycles. The van der Waals surface area contributed by atoms with Crippen LogP contribution in [0.1, 0.15) is 18.7 Å². The number of fused-ring (bicyclic) bond motifs is 1. The standard InChI is InChI=1S/C26H32N6O5S/c1-17-28-25(15-30(17)2)38(34,35)29-21-13-22-23(32(4)26(33)31(22)3)14-24(21)37-20-7-5-6-19(12-20)36-16-18-8-10-27-11-9-18/h5-7,12-15,18,27,29H,8-11,16H2,1-4H3. The second-order valence-electron chi connectivity index (χ2n) is 9.66. The molecule has 0 amide bonds. The molecule has 0 spiro atoms. The van der Waals surface area contributed by atoms with Crippen LogP contribution in [0.4, 0.5) is 5.69 Å². The number of ether oxygens (including phenoxy) is 2. The average Bonchev–Trinajstić information content (AvgIpc) is 3.35. The topological polar surface area (TPSA) is 121 Å².